The van der Waals surface area contributed by atoms with E-state index >= 15 is 0 Å². The first-order valence-corrected chi connectivity index (χ1v) is 17.4. The maximum Gasteiger partial charge on any atom is 0.233 e. The summed E-state index contributed by atoms with van der Waals surface area (Å²) in [5.74, 6) is -1.26. The molecule has 4 unspecified atom stereocenters. The largest absolute Gasteiger partial charge is 0.388 e. The number of Topliss-reactive ketones (excluding diaryl/α,β-unsaturated/α-hetero) is 1. The van der Waals surface area contributed by atoms with Crippen molar-refractivity contribution in [3.05, 3.63) is 0 Å². The number of aliphatic hydroxyl groups excluding tert-OH is 4. The quantitative estimate of drug-likeness (QED) is 0.0958. The third-order valence-corrected chi connectivity index (χ3v) is 11.5. The van der Waals surface area contributed by atoms with E-state index in [2.05, 4.69) is 21.3 Å². The van der Waals surface area contributed by atoms with Crippen molar-refractivity contribution in [2.24, 2.45) is 0 Å². The lowest BCUT2D eigenvalue weighted by Gasteiger charge is -2.47. The van der Waals surface area contributed by atoms with Crippen LogP contribution in [0.4, 0.5) is 0 Å². The summed E-state index contributed by atoms with van der Waals surface area (Å²) in [5, 5.41) is 55.3. The van der Waals surface area contributed by atoms with E-state index in [0.717, 1.165) is 37.9 Å². The summed E-state index contributed by atoms with van der Waals surface area (Å²) in [4.78, 5) is 42.4. The van der Waals surface area contributed by atoms with Crippen molar-refractivity contribution in [2.45, 2.75) is 78.9 Å². The number of nitrogens with one attached hydrogen (secondary N) is 4. The fourth-order valence-electron chi connectivity index (χ4n) is 7.43. The van der Waals surface area contributed by atoms with Gasteiger partial charge in [-0.25, -0.2) is 0 Å². The van der Waals surface area contributed by atoms with Gasteiger partial charge in [-0.3, -0.25) is 24.2 Å². The summed E-state index contributed by atoms with van der Waals surface area (Å²) in [7, 11) is 0. The number of ether oxygens (including phenoxy) is 4. The van der Waals surface area contributed by atoms with Crippen molar-refractivity contribution in [3.63, 3.8) is 0 Å². The Balaban J connectivity index is 1.04. The number of thioether (sulfide) groups is 1. The molecule has 8 N–H and O–H groups in total. The van der Waals surface area contributed by atoms with Crippen LogP contribution in [0.25, 0.3) is 0 Å². The third-order valence-electron chi connectivity index (χ3n) is 10.1. The van der Waals surface area contributed by atoms with Gasteiger partial charge in [-0.15, -0.1) is 11.8 Å². The van der Waals surface area contributed by atoms with Gasteiger partial charge in [0, 0.05) is 58.8 Å². The Morgan fingerprint density at radius 2 is 1.28 bits per heavy atom. The summed E-state index contributed by atoms with van der Waals surface area (Å²) in [5.41, 5.74) is -2.73. The predicted octanol–water partition coefficient (Wildman–Crippen LogP) is -5.46. The molecule has 266 valence electrons. The number of rotatable bonds is 12. The highest BCUT2D eigenvalue weighted by Gasteiger charge is 2.61. The highest BCUT2D eigenvalue weighted by molar-refractivity contribution is 8.01. The fraction of sp³-hybridized carbons (Fsp3) is 0.897. The molecule has 0 saturated carbocycles. The summed E-state index contributed by atoms with van der Waals surface area (Å²) in [6.07, 6.45) is -6.83. The third kappa shape index (κ3) is 7.21. The van der Waals surface area contributed by atoms with Crippen molar-refractivity contribution in [3.8, 4) is 0 Å². The van der Waals surface area contributed by atoms with Crippen LogP contribution >= 0.6 is 11.8 Å². The molecule has 47 heavy (non-hydrogen) atoms. The molecule has 4 bridgehead atoms. The molecule has 6 saturated heterocycles. The van der Waals surface area contributed by atoms with Gasteiger partial charge in [0.2, 0.25) is 11.8 Å². The van der Waals surface area contributed by atoms with Gasteiger partial charge in [-0.2, -0.15) is 0 Å². The highest BCUT2D eigenvalue weighted by Crippen LogP contribution is 2.40. The fourth-order valence-corrected chi connectivity index (χ4v) is 8.37. The lowest BCUT2D eigenvalue weighted by molar-refractivity contribution is -0.243. The molecule has 6 rings (SSSR count). The van der Waals surface area contributed by atoms with Crippen molar-refractivity contribution in [1.82, 2.24) is 31.1 Å². The molecule has 6 fully saturated rings. The van der Waals surface area contributed by atoms with E-state index in [-0.39, 0.29) is 44.3 Å². The van der Waals surface area contributed by atoms with E-state index in [1.54, 1.807) is 0 Å². The Kier molecular flexibility index (Phi) is 11.1. The lowest BCUT2D eigenvalue weighted by atomic mass is 9.86. The van der Waals surface area contributed by atoms with E-state index < -0.39 is 77.3 Å². The summed E-state index contributed by atoms with van der Waals surface area (Å²) in [6.45, 7) is 6.59. The van der Waals surface area contributed by atoms with Gasteiger partial charge >= 0.3 is 0 Å². The molecule has 11 atom stereocenters. The minimum atomic E-state index is -1.38. The number of hydrogen-bond donors (Lipinski definition) is 8. The van der Waals surface area contributed by atoms with Gasteiger partial charge in [-0.1, -0.05) is 0 Å². The van der Waals surface area contributed by atoms with E-state index in [4.69, 9.17) is 18.9 Å². The van der Waals surface area contributed by atoms with E-state index in [1.807, 2.05) is 9.80 Å². The molecule has 2 amide bonds. The molecule has 6 aliphatic heterocycles. The summed E-state index contributed by atoms with van der Waals surface area (Å²) < 4.78 is 23.9. The second kappa shape index (κ2) is 14.8. The van der Waals surface area contributed by atoms with Crippen LogP contribution in [0.5, 0.6) is 0 Å². The standard InChI is InChI=1S/C29H48N6O11S/c1-16(36)11-47-17(25(42)33-13-29-15-44-27(46-29)20(22(39)24(29)41)35-8-4-31-5-9-35)10-18(37)32-12-28-14-43-26(45-28)19(21(38)23(28)40)34-6-2-30-3-7-34/h17,19-24,26-27,30-31,38-41H,2-15H2,1H3,(H,32,37)(H,33,42)/t17?,19?,20-,21-,22-,23-,24-,26?,27?,28+,29+/m1/s1. The molecule has 0 aromatic carbocycles. The van der Waals surface area contributed by atoms with Crippen LogP contribution in [0.1, 0.15) is 13.3 Å². The summed E-state index contributed by atoms with van der Waals surface area (Å²) >= 11 is 1.01. The first-order chi connectivity index (χ1) is 22.5. The maximum atomic E-state index is 13.4. The number of carbonyl (C=O) groups is 3. The molecular weight excluding hydrogens is 640 g/mol. The number of carbonyl (C=O) groups excluding carboxylic acids is 3. The predicted molar refractivity (Wildman–Crippen MR) is 165 cm³/mol. The normalized spacial score (nSPS) is 41.4. The second-order valence-electron chi connectivity index (χ2n) is 13.3. The van der Waals surface area contributed by atoms with Crippen molar-refractivity contribution >= 4 is 29.4 Å². The molecule has 0 aliphatic carbocycles. The second-order valence-corrected chi connectivity index (χ2v) is 14.5. The van der Waals surface area contributed by atoms with Gasteiger partial charge in [-0.05, 0) is 6.92 Å². The van der Waals surface area contributed by atoms with Crippen LogP contribution in [-0.2, 0) is 33.3 Å². The number of nitrogens with zero attached hydrogens (tertiary/aromatic N) is 2. The number of aliphatic hydroxyl groups is 4. The summed E-state index contributed by atoms with van der Waals surface area (Å²) in [6, 6.07) is -1.10. The molecular formula is C29H48N6O11S. The zero-order chi connectivity index (χ0) is 33.3. The average molecular weight is 689 g/mol. The Morgan fingerprint density at radius 3 is 1.74 bits per heavy atom. The molecule has 0 spiro atoms. The van der Waals surface area contributed by atoms with Gasteiger partial charge in [0.15, 0.2) is 12.6 Å². The Hall–Kier alpha value is -1.52. The first kappa shape index (κ1) is 35.3. The smallest absolute Gasteiger partial charge is 0.233 e. The Morgan fingerprint density at radius 1 is 0.809 bits per heavy atom. The topological polar surface area (TPSA) is 224 Å². The van der Waals surface area contributed by atoms with Gasteiger partial charge in [0.1, 0.15) is 41.4 Å². The minimum Gasteiger partial charge on any atom is -0.388 e. The number of amides is 2. The first-order valence-electron chi connectivity index (χ1n) is 16.4. The van der Waals surface area contributed by atoms with Gasteiger partial charge < -0.3 is 60.6 Å². The van der Waals surface area contributed by atoms with Crippen LogP contribution in [0.3, 0.4) is 0 Å². The van der Waals surface area contributed by atoms with Gasteiger partial charge in [0.05, 0.1) is 49.4 Å². The molecule has 6 aliphatic rings. The molecule has 6 heterocycles. The number of ketones is 1. The Labute approximate surface area is 277 Å². The zero-order valence-corrected chi connectivity index (χ0v) is 27.4. The zero-order valence-electron chi connectivity index (χ0n) is 26.5. The van der Waals surface area contributed by atoms with Crippen LogP contribution in [0.15, 0.2) is 0 Å². The number of fused-ring (bicyclic) bond motifs is 4. The SMILES string of the molecule is CC(=O)CSC(CC(=O)NC[C@@]12COC(O1)C(N1CCNCC1)[C@@H](O)[C@H]2O)C(=O)NC[C@@]12COC(O1)[C@H](N1CCNCC1)[C@@H](O)[C@H]2O. The minimum absolute atomic E-state index is 0.00715. The molecule has 0 aromatic heterocycles. The Bertz CT molecular complexity index is 1150. The van der Waals surface area contributed by atoms with Crippen molar-refractivity contribution < 1.29 is 53.8 Å². The van der Waals surface area contributed by atoms with E-state index in [0.29, 0.717) is 26.2 Å². The van der Waals surface area contributed by atoms with Crippen LogP contribution in [-0.4, -0.2) is 198 Å². The van der Waals surface area contributed by atoms with E-state index in [1.165, 1.54) is 6.92 Å². The van der Waals surface area contributed by atoms with Crippen LogP contribution in [0.2, 0.25) is 0 Å². The molecule has 0 aromatic rings. The molecule has 18 heteroatoms. The highest BCUT2D eigenvalue weighted by atomic mass is 32.2. The maximum absolute atomic E-state index is 13.4. The van der Waals surface area contributed by atoms with Crippen LogP contribution in [0, 0.1) is 0 Å². The lowest BCUT2D eigenvalue weighted by Crippen LogP contribution is -2.69. The average Bonchev–Trinajstić information content (AvgIpc) is 3.66. The molecule has 0 radical (unpaired) electrons. The van der Waals surface area contributed by atoms with Crippen molar-refractivity contribution in [2.75, 3.05) is 84.4 Å². The number of hydrogen-bond acceptors (Lipinski definition) is 16. The van der Waals surface area contributed by atoms with Crippen molar-refractivity contribution in [1.29, 1.82) is 0 Å². The molecule has 17 nitrogen and oxygen atoms in total. The van der Waals surface area contributed by atoms with Crippen LogP contribution < -0.4 is 21.3 Å². The van der Waals surface area contributed by atoms with E-state index in [9.17, 15) is 34.8 Å². The number of piperazine rings is 2. The van der Waals surface area contributed by atoms with Gasteiger partial charge in [0.25, 0.3) is 0 Å². The monoisotopic (exact) mass is 688 g/mol.